The first-order valence-corrected chi connectivity index (χ1v) is 9.18. The van der Waals surface area contributed by atoms with Gasteiger partial charge in [0.05, 0.1) is 11.4 Å². The number of nitrogen functional groups attached to an aromatic ring is 1. The number of rotatable bonds is 5. The van der Waals surface area contributed by atoms with Gasteiger partial charge in [0.1, 0.15) is 5.75 Å². The van der Waals surface area contributed by atoms with E-state index in [4.69, 9.17) is 10.5 Å². The molecule has 1 amide bonds. The van der Waals surface area contributed by atoms with Crippen LogP contribution in [-0.2, 0) is 4.79 Å². The molecule has 2 aromatic carbocycles. The van der Waals surface area contributed by atoms with Gasteiger partial charge in [0.2, 0.25) is 0 Å². The van der Waals surface area contributed by atoms with Crippen molar-refractivity contribution >= 4 is 23.0 Å². The van der Waals surface area contributed by atoms with Crippen molar-refractivity contribution in [1.82, 2.24) is 0 Å². The Hall–Kier alpha value is -2.69. The number of aryl methyl sites for hydroxylation is 1. The van der Waals surface area contributed by atoms with Crippen LogP contribution in [0.1, 0.15) is 31.7 Å². The van der Waals surface area contributed by atoms with Crippen LogP contribution in [0.2, 0.25) is 0 Å². The van der Waals surface area contributed by atoms with Crippen molar-refractivity contribution in [2.24, 2.45) is 0 Å². The fourth-order valence-corrected chi connectivity index (χ4v) is 3.33. The average Bonchev–Trinajstić information content (AvgIpc) is 2.62. The molecule has 0 aromatic heterocycles. The summed E-state index contributed by atoms with van der Waals surface area (Å²) < 4.78 is 5.57. The van der Waals surface area contributed by atoms with Gasteiger partial charge >= 0.3 is 0 Å². The number of benzene rings is 2. The number of nitrogens with two attached hydrogens (primary N) is 1. The first-order valence-electron chi connectivity index (χ1n) is 9.18. The lowest BCUT2D eigenvalue weighted by atomic mass is 10.0. The van der Waals surface area contributed by atoms with Crippen molar-refractivity contribution in [3.8, 4) is 5.75 Å². The summed E-state index contributed by atoms with van der Waals surface area (Å²) in [5.74, 6) is 0.491. The zero-order valence-corrected chi connectivity index (χ0v) is 15.5. The summed E-state index contributed by atoms with van der Waals surface area (Å²) in [6.07, 6.45) is 3.58. The maximum Gasteiger partial charge on any atom is 0.262 e. The largest absolute Gasteiger partial charge is 0.484 e. The number of piperidine rings is 1. The quantitative estimate of drug-likeness (QED) is 0.798. The van der Waals surface area contributed by atoms with Crippen LogP contribution in [0.25, 0.3) is 0 Å². The molecule has 1 aliphatic rings. The van der Waals surface area contributed by atoms with Crippen LogP contribution >= 0.6 is 0 Å². The fraction of sp³-hybridized carbons (Fsp3) is 0.381. The molecule has 0 spiro atoms. The van der Waals surface area contributed by atoms with Crippen LogP contribution in [0.15, 0.2) is 42.5 Å². The van der Waals surface area contributed by atoms with Gasteiger partial charge in [-0.1, -0.05) is 17.7 Å². The molecule has 1 heterocycles. The third kappa shape index (κ3) is 4.48. The average molecular weight is 353 g/mol. The van der Waals surface area contributed by atoms with E-state index in [1.165, 1.54) is 12.8 Å². The highest BCUT2D eigenvalue weighted by molar-refractivity contribution is 5.96. The topological polar surface area (TPSA) is 67.6 Å². The maximum absolute atomic E-state index is 12.4. The number of nitrogens with zero attached hydrogens (tertiary/aromatic N) is 1. The molecule has 2 aromatic rings. The molecule has 5 nitrogen and oxygen atoms in total. The van der Waals surface area contributed by atoms with E-state index in [0.29, 0.717) is 17.5 Å². The Labute approximate surface area is 155 Å². The fourth-order valence-electron chi connectivity index (χ4n) is 3.33. The number of amides is 1. The molecular weight excluding hydrogens is 326 g/mol. The first kappa shape index (κ1) is 18.1. The maximum atomic E-state index is 12.4. The molecule has 0 bridgehead atoms. The summed E-state index contributed by atoms with van der Waals surface area (Å²) >= 11 is 0. The molecule has 0 radical (unpaired) electrons. The normalized spacial score (nSPS) is 17.0. The molecule has 5 heteroatoms. The van der Waals surface area contributed by atoms with Gasteiger partial charge in [-0.05, 0) is 63.4 Å². The second-order valence-corrected chi connectivity index (χ2v) is 6.96. The van der Waals surface area contributed by atoms with E-state index in [2.05, 4.69) is 17.1 Å². The summed E-state index contributed by atoms with van der Waals surface area (Å²) in [4.78, 5) is 14.7. The van der Waals surface area contributed by atoms with E-state index in [1.54, 1.807) is 0 Å². The zero-order valence-electron chi connectivity index (χ0n) is 15.5. The Morgan fingerprint density at radius 2 is 2.00 bits per heavy atom. The Bertz CT molecular complexity index is 758. The second kappa shape index (κ2) is 8.13. The molecule has 1 atom stereocenters. The van der Waals surface area contributed by atoms with E-state index in [0.717, 1.165) is 29.9 Å². The Balaban J connectivity index is 1.68. The zero-order chi connectivity index (χ0) is 18.5. The molecule has 1 saturated heterocycles. The Morgan fingerprint density at radius 3 is 2.73 bits per heavy atom. The summed E-state index contributed by atoms with van der Waals surface area (Å²) in [5, 5.41) is 2.97. The van der Waals surface area contributed by atoms with Crippen LogP contribution in [0.5, 0.6) is 5.75 Å². The van der Waals surface area contributed by atoms with E-state index in [9.17, 15) is 4.79 Å². The molecule has 3 rings (SSSR count). The van der Waals surface area contributed by atoms with Crippen molar-refractivity contribution in [2.45, 2.75) is 39.2 Å². The van der Waals surface area contributed by atoms with Gasteiger partial charge in [0.25, 0.3) is 5.91 Å². The number of anilines is 3. The predicted octanol–water partition coefficient (Wildman–Crippen LogP) is 3.97. The summed E-state index contributed by atoms with van der Waals surface area (Å²) in [6.45, 7) is 5.20. The van der Waals surface area contributed by atoms with Crippen molar-refractivity contribution in [3.05, 3.63) is 48.0 Å². The van der Waals surface area contributed by atoms with Gasteiger partial charge in [0.15, 0.2) is 6.61 Å². The molecule has 1 fully saturated rings. The van der Waals surface area contributed by atoms with Gasteiger partial charge in [-0.15, -0.1) is 0 Å². The van der Waals surface area contributed by atoms with Gasteiger partial charge < -0.3 is 20.7 Å². The van der Waals surface area contributed by atoms with Crippen LogP contribution in [-0.4, -0.2) is 25.1 Å². The number of ether oxygens (including phenoxy) is 1. The number of hydrogen-bond donors (Lipinski definition) is 2. The molecule has 26 heavy (non-hydrogen) atoms. The number of carbonyl (C=O) groups excluding carboxylic acids is 1. The number of carbonyl (C=O) groups is 1. The highest BCUT2D eigenvalue weighted by Gasteiger charge is 2.21. The lowest BCUT2D eigenvalue weighted by Gasteiger charge is -2.36. The smallest absolute Gasteiger partial charge is 0.262 e. The lowest BCUT2D eigenvalue weighted by molar-refractivity contribution is -0.118. The van der Waals surface area contributed by atoms with Gasteiger partial charge in [-0.3, -0.25) is 4.79 Å². The number of nitrogens with one attached hydrogen (secondary N) is 1. The minimum Gasteiger partial charge on any atom is -0.484 e. The SMILES string of the molecule is Cc1ccc(OCC(=O)Nc2cc(N)ccc2N2CCCC[C@H]2C)cc1. The summed E-state index contributed by atoms with van der Waals surface area (Å²) in [6, 6.07) is 13.8. The standard InChI is InChI=1S/C21H27N3O2/c1-15-6-9-18(10-7-15)26-14-21(25)23-19-13-17(22)8-11-20(19)24-12-4-3-5-16(24)2/h6-11,13,16H,3-5,12,14,22H2,1-2H3,(H,23,25)/t16-/m1/s1. The van der Waals surface area contributed by atoms with Crippen LogP contribution < -0.4 is 20.7 Å². The molecular formula is C21H27N3O2. The first-order chi connectivity index (χ1) is 12.5. The minimum atomic E-state index is -0.193. The van der Waals surface area contributed by atoms with E-state index in [-0.39, 0.29) is 12.5 Å². The van der Waals surface area contributed by atoms with E-state index in [1.807, 2.05) is 49.4 Å². The molecule has 0 saturated carbocycles. The van der Waals surface area contributed by atoms with Gasteiger partial charge in [0, 0.05) is 18.3 Å². The van der Waals surface area contributed by atoms with Crippen molar-refractivity contribution in [2.75, 3.05) is 29.1 Å². The highest BCUT2D eigenvalue weighted by atomic mass is 16.5. The van der Waals surface area contributed by atoms with Crippen molar-refractivity contribution in [3.63, 3.8) is 0 Å². The van der Waals surface area contributed by atoms with E-state index >= 15 is 0 Å². The predicted molar refractivity (Wildman–Crippen MR) is 107 cm³/mol. The lowest BCUT2D eigenvalue weighted by Crippen LogP contribution is -2.38. The molecule has 1 aliphatic heterocycles. The van der Waals surface area contributed by atoms with E-state index < -0.39 is 0 Å². The number of hydrogen-bond acceptors (Lipinski definition) is 4. The minimum absolute atomic E-state index is 0.0349. The van der Waals surface area contributed by atoms with Gasteiger partial charge in [-0.2, -0.15) is 0 Å². The van der Waals surface area contributed by atoms with Crippen LogP contribution in [0.4, 0.5) is 17.1 Å². The van der Waals surface area contributed by atoms with Crippen molar-refractivity contribution in [1.29, 1.82) is 0 Å². The van der Waals surface area contributed by atoms with Crippen LogP contribution in [0, 0.1) is 6.92 Å². The van der Waals surface area contributed by atoms with Crippen molar-refractivity contribution < 1.29 is 9.53 Å². The molecule has 0 aliphatic carbocycles. The van der Waals surface area contributed by atoms with Crippen LogP contribution in [0.3, 0.4) is 0 Å². The summed E-state index contributed by atoms with van der Waals surface area (Å²) in [5.41, 5.74) is 9.50. The highest BCUT2D eigenvalue weighted by Crippen LogP contribution is 2.33. The van der Waals surface area contributed by atoms with Gasteiger partial charge in [-0.25, -0.2) is 0 Å². The Morgan fingerprint density at radius 1 is 1.23 bits per heavy atom. The molecule has 0 unspecified atom stereocenters. The third-order valence-corrected chi connectivity index (χ3v) is 4.80. The molecule has 138 valence electrons. The Kier molecular flexibility index (Phi) is 5.66. The molecule has 3 N–H and O–H groups in total. The summed E-state index contributed by atoms with van der Waals surface area (Å²) in [7, 11) is 0. The monoisotopic (exact) mass is 353 g/mol. The third-order valence-electron chi connectivity index (χ3n) is 4.80. The second-order valence-electron chi connectivity index (χ2n) is 6.96.